The standard InChI is InChI=1S/C37H42FN3O4S/c1-5-28(4)39-37(43)35(24-29-14-8-6-9-15-29)40(25-31-16-12-13-19-34(31)38)36(42)26-41(32-22-20-30(21-23-32)27(2)3)46(44,45)33-17-10-7-11-18-33/h6-23,27-28,35H,5,24-26H2,1-4H3,(H,39,43). The van der Waals surface area contributed by atoms with Crippen molar-refractivity contribution < 1.29 is 22.4 Å². The molecule has 4 aromatic carbocycles. The molecule has 0 aliphatic carbocycles. The summed E-state index contributed by atoms with van der Waals surface area (Å²) in [5, 5.41) is 2.99. The molecule has 0 radical (unpaired) electrons. The lowest BCUT2D eigenvalue weighted by molar-refractivity contribution is -0.140. The minimum atomic E-state index is -4.21. The van der Waals surface area contributed by atoms with Gasteiger partial charge in [0.05, 0.1) is 10.6 Å². The molecule has 0 aliphatic rings. The van der Waals surface area contributed by atoms with Crippen molar-refractivity contribution in [3.63, 3.8) is 0 Å². The second-order valence-corrected chi connectivity index (χ2v) is 13.6. The van der Waals surface area contributed by atoms with Crippen LogP contribution in [-0.4, -0.2) is 43.8 Å². The highest BCUT2D eigenvalue weighted by Crippen LogP contribution is 2.27. The summed E-state index contributed by atoms with van der Waals surface area (Å²) in [7, 11) is -4.21. The smallest absolute Gasteiger partial charge is 0.264 e. The summed E-state index contributed by atoms with van der Waals surface area (Å²) in [4.78, 5) is 29.7. The second kappa shape index (κ2) is 15.7. The molecule has 0 saturated heterocycles. The Bertz CT molecular complexity index is 1700. The van der Waals surface area contributed by atoms with Crippen LogP contribution in [0.15, 0.2) is 114 Å². The Balaban J connectivity index is 1.82. The third-order valence-corrected chi connectivity index (χ3v) is 9.82. The number of rotatable bonds is 14. The first-order chi connectivity index (χ1) is 22.0. The minimum Gasteiger partial charge on any atom is -0.352 e. The van der Waals surface area contributed by atoms with Crippen LogP contribution in [0, 0.1) is 5.82 Å². The topological polar surface area (TPSA) is 86.8 Å². The fraction of sp³-hybridized carbons (Fsp3) is 0.297. The SMILES string of the molecule is CCC(C)NC(=O)C(Cc1ccccc1)N(Cc1ccccc1F)C(=O)CN(c1ccc(C(C)C)cc1)S(=O)(=O)c1ccccc1. The Labute approximate surface area is 272 Å². The molecule has 0 heterocycles. The third kappa shape index (κ3) is 8.60. The van der Waals surface area contributed by atoms with E-state index in [1.165, 1.54) is 23.1 Å². The summed E-state index contributed by atoms with van der Waals surface area (Å²) in [5.74, 6) is -1.36. The van der Waals surface area contributed by atoms with Crippen molar-refractivity contribution in [3.05, 3.63) is 132 Å². The van der Waals surface area contributed by atoms with E-state index in [1.54, 1.807) is 48.5 Å². The molecule has 0 aromatic heterocycles. The van der Waals surface area contributed by atoms with Crippen LogP contribution in [-0.2, 0) is 32.6 Å². The molecule has 0 aliphatic heterocycles. The van der Waals surface area contributed by atoms with Gasteiger partial charge in [0.2, 0.25) is 11.8 Å². The number of hydrogen-bond donors (Lipinski definition) is 1. The maximum Gasteiger partial charge on any atom is 0.264 e. The first-order valence-corrected chi connectivity index (χ1v) is 17.0. The van der Waals surface area contributed by atoms with Crippen LogP contribution in [0.4, 0.5) is 10.1 Å². The normalized spacial score (nSPS) is 12.7. The van der Waals surface area contributed by atoms with E-state index in [0.29, 0.717) is 12.1 Å². The Hall–Kier alpha value is -4.50. The summed E-state index contributed by atoms with van der Waals surface area (Å²) in [5.41, 5.74) is 2.33. The van der Waals surface area contributed by atoms with Gasteiger partial charge < -0.3 is 10.2 Å². The lowest BCUT2D eigenvalue weighted by Crippen LogP contribution is -2.54. The molecule has 2 amide bonds. The monoisotopic (exact) mass is 643 g/mol. The quantitative estimate of drug-likeness (QED) is 0.166. The van der Waals surface area contributed by atoms with E-state index in [0.717, 1.165) is 15.4 Å². The zero-order valence-corrected chi connectivity index (χ0v) is 27.6. The van der Waals surface area contributed by atoms with Gasteiger partial charge in [-0.3, -0.25) is 13.9 Å². The second-order valence-electron chi connectivity index (χ2n) is 11.7. The molecule has 0 bridgehead atoms. The lowest BCUT2D eigenvalue weighted by atomic mass is 10.0. The van der Waals surface area contributed by atoms with Crippen LogP contribution in [0.2, 0.25) is 0 Å². The Morgan fingerprint density at radius 3 is 1.98 bits per heavy atom. The molecule has 2 atom stereocenters. The van der Waals surface area contributed by atoms with Crippen molar-refractivity contribution in [1.82, 2.24) is 10.2 Å². The van der Waals surface area contributed by atoms with E-state index < -0.39 is 40.2 Å². The van der Waals surface area contributed by atoms with E-state index in [-0.39, 0.29) is 35.4 Å². The first-order valence-electron chi connectivity index (χ1n) is 15.6. The number of hydrogen-bond acceptors (Lipinski definition) is 4. The van der Waals surface area contributed by atoms with Gasteiger partial charge in [-0.25, -0.2) is 12.8 Å². The van der Waals surface area contributed by atoms with Gasteiger partial charge in [0.1, 0.15) is 18.4 Å². The number of amides is 2. The lowest BCUT2D eigenvalue weighted by Gasteiger charge is -2.34. The first kappa shape index (κ1) is 34.4. The zero-order chi connectivity index (χ0) is 33.3. The predicted molar refractivity (Wildman–Crippen MR) is 180 cm³/mol. The number of carbonyl (C=O) groups is 2. The molecule has 242 valence electrons. The van der Waals surface area contributed by atoms with E-state index in [2.05, 4.69) is 5.32 Å². The molecule has 2 unspecified atom stereocenters. The number of nitrogens with one attached hydrogen (secondary N) is 1. The molecule has 9 heteroatoms. The molecule has 4 aromatic rings. The number of carbonyl (C=O) groups excluding carboxylic acids is 2. The summed E-state index contributed by atoms with van der Waals surface area (Å²) >= 11 is 0. The third-order valence-electron chi connectivity index (χ3n) is 8.03. The number of sulfonamides is 1. The fourth-order valence-electron chi connectivity index (χ4n) is 5.08. The average Bonchev–Trinajstić information content (AvgIpc) is 3.06. The molecular formula is C37H42FN3O4S. The largest absolute Gasteiger partial charge is 0.352 e. The van der Waals surface area contributed by atoms with Crippen molar-refractivity contribution in [1.29, 1.82) is 0 Å². The maximum atomic E-state index is 15.1. The van der Waals surface area contributed by atoms with E-state index in [1.807, 2.05) is 70.2 Å². The summed E-state index contributed by atoms with van der Waals surface area (Å²) in [6.45, 7) is 7.05. The number of benzene rings is 4. The number of anilines is 1. The summed E-state index contributed by atoms with van der Waals surface area (Å²) in [6.07, 6.45) is 0.818. The van der Waals surface area contributed by atoms with Crippen molar-refractivity contribution in [2.24, 2.45) is 0 Å². The number of halogens is 1. The van der Waals surface area contributed by atoms with Crippen molar-refractivity contribution >= 4 is 27.5 Å². The highest BCUT2D eigenvalue weighted by Gasteiger charge is 2.35. The molecule has 1 N–H and O–H groups in total. The van der Waals surface area contributed by atoms with Gasteiger partial charge in [-0.1, -0.05) is 99.6 Å². The van der Waals surface area contributed by atoms with Crippen LogP contribution >= 0.6 is 0 Å². The molecule has 7 nitrogen and oxygen atoms in total. The number of nitrogens with zero attached hydrogens (tertiary/aromatic N) is 2. The van der Waals surface area contributed by atoms with Gasteiger partial charge in [0.15, 0.2) is 0 Å². The predicted octanol–water partition coefficient (Wildman–Crippen LogP) is 6.70. The molecule has 46 heavy (non-hydrogen) atoms. The van der Waals surface area contributed by atoms with Gasteiger partial charge in [0, 0.05) is 24.6 Å². The van der Waals surface area contributed by atoms with Crippen molar-refractivity contribution in [3.8, 4) is 0 Å². The molecular weight excluding hydrogens is 601 g/mol. The highest BCUT2D eigenvalue weighted by molar-refractivity contribution is 7.92. The Kier molecular flexibility index (Phi) is 11.7. The van der Waals surface area contributed by atoms with Crippen LogP contribution < -0.4 is 9.62 Å². The van der Waals surface area contributed by atoms with Gasteiger partial charge in [0.25, 0.3) is 10.0 Å². The van der Waals surface area contributed by atoms with E-state index in [9.17, 15) is 18.0 Å². The van der Waals surface area contributed by atoms with Crippen LogP contribution in [0.25, 0.3) is 0 Å². The average molecular weight is 644 g/mol. The molecule has 4 rings (SSSR count). The van der Waals surface area contributed by atoms with Crippen LogP contribution in [0.3, 0.4) is 0 Å². The molecule has 0 fully saturated rings. The zero-order valence-electron chi connectivity index (χ0n) is 26.8. The summed E-state index contributed by atoms with van der Waals surface area (Å²) < 4.78 is 44.4. The van der Waals surface area contributed by atoms with E-state index in [4.69, 9.17) is 0 Å². The Morgan fingerprint density at radius 2 is 1.39 bits per heavy atom. The minimum absolute atomic E-state index is 0.0201. The molecule has 0 spiro atoms. The van der Waals surface area contributed by atoms with E-state index >= 15 is 4.39 Å². The van der Waals surface area contributed by atoms with Crippen LogP contribution in [0.5, 0.6) is 0 Å². The van der Waals surface area contributed by atoms with Crippen LogP contribution in [0.1, 0.15) is 56.7 Å². The van der Waals surface area contributed by atoms with Crippen molar-refractivity contribution in [2.75, 3.05) is 10.8 Å². The van der Waals surface area contributed by atoms with Crippen molar-refractivity contribution in [2.45, 2.75) is 70.0 Å². The molecule has 0 saturated carbocycles. The Morgan fingerprint density at radius 1 is 0.804 bits per heavy atom. The van der Waals surface area contributed by atoms with Gasteiger partial charge in [-0.05, 0) is 60.7 Å². The fourth-order valence-corrected chi connectivity index (χ4v) is 6.51. The van der Waals surface area contributed by atoms with Gasteiger partial charge in [-0.2, -0.15) is 0 Å². The van der Waals surface area contributed by atoms with Gasteiger partial charge >= 0.3 is 0 Å². The summed E-state index contributed by atoms with van der Waals surface area (Å²) in [6, 6.07) is 29.1. The maximum absolute atomic E-state index is 15.1. The highest BCUT2D eigenvalue weighted by atomic mass is 32.2. The van der Waals surface area contributed by atoms with Gasteiger partial charge in [-0.15, -0.1) is 0 Å².